The first-order valence-electron chi connectivity index (χ1n) is 10.4. The third kappa shape index (κ3) is 6.76. The lowest BCUT2D eigenvalue weighted by molar-refractivity contribution is 0.154. The molecule has 8 heteroatoms. The molecule has 2 aromatic rings. The molecule has 0 unspecified atom stereocenters. The van der Waals surface area contributed by atoms with Crippen LogP contribution in [0.25, 0.3) is 0 Å². The summed E-state index contributed by atoms with van der Waals surface area (Å²) in [6, 6.07) is 8.45. The Morgan fingerprint density at radius 3 is 2.45 bits per heavy atom. The second-order valence-electron chi connectivity index (χ2n) is 7.92. The minimum Gasteiger partial charge on any atom is -0.394 e. The van der Waals surface area contributed by atoms with Crippen molar-refractivity contribution < 1.29 is 0 Å². The van der Waals surface area contributed by atoms with Crippen LogP contribution in [-0.2, 0) is 0 Å². The number of anilines is 5. The minimum atomic E-state index is 0.252. The van der Waals surface area contributed by atoms with Gasteiger partial charge < -0.3 is 31.5 Å². The Balaban J connectivity index is 1.44. The second-order valence-corrected chi connectivity index (χ2v) is 7.92. The lowest BCUT2D eigenvalue weighted by Gasteiger charge is -2.32. The number of nitrogens with two attached hydrogens (primary N) is 1. The molecule has 0 bridgehead atoms. The van der Waals surface area contributed by atoms with Crippen LogP contribution in [0.3, 0.4) is 0 Å². The highest BCUT2D eigenvalue weighted by Gasteiger charge is 2.12. The van der Waals surface area contributed by atoms with Crippen molar-refractivity contribution in [3.05, 3.63) is 30.5 Å². The number of nitrogen functional groups attached to an aromatic ring is 1. The number of benzene rings is 1. The molecule has 0 spiro atoms. The number of piperazine rings is 1. The van der Waals surface area contributed by atoms with Crippen molar-refractivity contribution in [2.24, 2.45) is 0 Å². The topological polar surface area (TPSA) is 94.4 Å². The van der Waals surface area contributed by atoms with E-state index < -0.39 is 0 Å². The van der Waals surface area contributed by atoms with Gasteiger partial charge in [0.1, 0.15) is 0 Å². The molecule has 1 aromatic heterocycles. The Bertz CT molecular complexity index is 754. The Labute approximate surface area is 173 Å². The summed E-state index contributed by atoms with van der Waals surface area (Å²) in [5.74, 6) is 1.17. The first kappa shape index (κ1) is 21.1. The fraction of sp³-hybridized carbons (Fsp3) is 0.524. The predicted octanol–water partition coefficient (Wildman–Crippen LogP) is 2.67. The molecule has 0 radical (unpaired) electrons. The Kier molecular flexibility index (Phi) is 7.48. The van der Waals surface area contributed by atoms with Gasteiger partial charge in [-0.3, -0.25) is 0 Å². The van der Waals surface area contributed by atoms with Crippen LogP contribution in [0.15, 0.2) is 30.5 Å². The van der Waals surface area contributed by atoms with Gasteiger partial charge in [0.05, 0.1) is 11.9 Å². The molecule has 0 aliphatic carbocycles. The molecular weight excluding hydrogens is 364 g/mol. The Hall–Kier alpha value is -2.58. The van der Waals surface area contributed by atoms with E-state index in [4.69, 9.17) is 5.73 Å². The molecule has 158 valence electrons. The van der Waals surface area contributed by atoms with Gasteiger partial charge in [-0.05, 0) is 58.1 Å². The maximum Gasteiger partial charge on any atom is 0.229 e. The molecule has 0 atom stereocenters. The van der Waals surface area contributed by atoms with Crippen LogP contribution in [0, 0.1) is 0 Å². The van der Waals surface area contributed by atoms with Crippen LogP contribution in [0.5, 0.6) is 0 Å². The molecule has 8 nitrogen and oxygen atoms in total. The van der Waals surface area contributed by atoms with Crippen molar-refractivity contribution in [2.45, 2.75) is 26.3 Å². The molecule has 1 saturated heterocycles. The summed E-state index contributed by atoms with van der Waals surface area (Å²) >= 11 is 0. The molecule has 0 amide bonds. The molecule has 1 fully saturated rings. The van der Waals surface area contributed by atoms with E-state index in [9.17, 15) is 0 Å². The van der Waals surface area contributed by atoms with Gasteiger partial charge in [0.2, 0.25) is 5.95 Å². The van der Waals surface area contributed by atoms with Crippen LogP contribution in [0.4, 0.5) is 28.8 Å². The average Bonchev–Trinajstić information content (AvgIpc) is 2.70. The van der Waals surface area contributed by atoms with Crippen molar-refractivity contribution in [2.75, 3.05) is 68.0 Å². The van der Waals surface area contributed by atoms with E-state index in [-0.39, 0.29) is 6.04 Å². The molecule has 3 rings (SSSR count). The van der Waals surface area contributed by atoms with Gasteiger partial charge >= 0.3 is 0 Å². The summed E-state index contributed by atoms with van der Waals surface area (Å²) in [5.41, 5.74) is 8.53. The number of nitrogens with zero attached hydrogens (tertiary/aromatic N) is 4. The van der Waals surface area contributed by atoms with E-state index in [0.717, 1.165) is 30.9 Å². The van der Waals surface area contributed by atoms with E-state index in [1.165, 1.54) is 26.2 Å². The molecule has 1 aliphatic heterocycles. The van der Waals surface area contributed by atoms with Crippen LogP contribution in [0.1, 0.15) is 20.3 Å². The SMILES string of the molecule is CC(C)Nc1nc(Nc2ccc(NCCCN3CCN(C)CC3)cc2)ncc1N. The number of hydrogen-bond donors (Lipinski definition) is 4. The molecular formula is C21H34N8. The van der Waals surface area contributed by atoms with Gasteiger partial charge in [-0.2, -0.15) is 4.98 Å². The van der Waals surface area contributed by atoms with E-state index in [0.29, 0.717) is 17.5 Å². The zero-order valence-electron chi connectivity index (χ0n) is 17.8. The fourth-order valence-corrected chi connectivity index (χ4v) is 3.25. The van der Waals surface area contributed by atoms with Crippen LogP contribution in [-0.4, -0.2) is 72.1 Å². The molecule has 1 aromatic carbocycles. The molecule has 1 aliphatic rings. The van der Waals surface area contributed by atoms with Crippen molar-refractivity contribution in [3.8, 4) is 0 Å². The van der Waals surface area contributed by atoms with Crippen LogP contribution < -0.4 is 21.7 Å². The Morgan fingerprint density at radius 1 is 1.07 bits per heavy atom. The smallest absolute Gasteiger partial charge is 0.229 e. The molecule has 0 saturated carbocycles. The largest absolute Gasteiger partial charge is 0.394 e. The number of aromatic nitrogens is 2. The monoisotopic (exact) mass is 398 g/mol. The lowest BCUT2D eigenvalue weighted by Crippen LogP contribution is -2.44. The zero-order chi connectivity index (χ0) is 20.6. The summed E-state index contributed by atoms with van der Waals surface area (Å²) in [7, 11) is 2.19. The van der Waals surface area contributed by atoms with Gasteiger partial charge in [0.25, 0.3) is 0 Å². The second kappa shape index (κ2) is 10.3. The quantitative estimate of drug-likeness (QED) is 0.479. The first-order valence-corrected chi connectivity index (χ1v) is 10.4. The number of nitrogens with one attached hydrogen (secondary N) is 3. The normalized spacial score (nSPS) is 15.4. The number of likely N-dealkylation sites (N-methyl/N-ethyl adjacent to an activating group) is 1. The maximum absolute atomic E-state index is 5.93. The van der Waals surface area contributed by atoms with Gasteiger partial charge in [0, 0.05) is 50.1 Å². The van der Waals surface area contributed by atoms with E-state index in [1.54, 1.807) is 6.20 Å². The van der Waals surface area contributed by atoms with Crippen molar-refractivity contribution >= 4 is 28.8 Å². The van der Waals surface area contributed by atoms with Gasteiger partial charge in [-0.25, -0.2) is 4.98 Å². The van der Waals surface area contributed by atoms with Crippen molar-refractivity contribution in [1.82, 2.24) is 19.8 Å². The zero-order valence-corrected chi connectivity index (χ0v) is 17.8. The predicted molar refractivity (Wildman–Crippen MR) is 122 cm³/mol. The standard InChI is InChI=1S/C21H34N8/c1-16(2)25-20-19(22)15-24-21(27-20)26-18-7-5-17(6-8-18)23-9-4-10-29-13-11-28(3)12-14-29/h5-8,15-16,23H,4,9-14,22H2,1-3H3,(H2,24,25,26,27). The number of rotatable bonds is 9. The maximum atomic E-state index is 5.93. The molecule has 29 heavy (non-hydrogen) atoms. The average molecular weight is 399 g/mol. The highest BCUT2D eigenvalue weighted by atomic mass is 15.2. The van der Waals surface area contributed by atoms with Gasteiger partial charge in [-0.15, -0.1) is 0 Å². The van der Waals surface area contributed by atoms with E-state index in [1.807, 2.05) is 26.0 Å². The summed E-state index contributed by atoms with van der Waals surface area (Å²) in [4.78, 5) is 13.7. The summed E-state index contributed by atoms with van der Waals surface area (Å²) in [6.07, 6.45) is 2.77. The fourth-order valence-electron chi connectivity index (χ4n) is 3.25. The summed E-state index contributed by atoms with van der Waals surface area (Å²) < 4.78 is 0. The third-order valence-corrected chi connectivity index (χ3v) is 4.96. The van der Waals surface area contributed by atoms with Crippen LogP contribution in [0.2, 0.25) is 0 Å². The van der Waals surface area contributed by atoms with Crippen molar-refractivity contribution in [3.63, 3.8) is 0 Å². The first-order chi connectivity index (χ1) is 14.0. The van der Waals surface area contributed by atoms with Crippen LogP contribution >= 0.6 is 0 Å². The lowest BCUT2D eigenvalue weighted by atomic mass is 10.2. The van der Waals surface area contributed by atoms with Gasteiger partial charge in [-0.1, -0.05) is 0 Å². The molecule has 2 heterocycles. The van der Waals surface area contributed by atoms with E-state index >= 15 is 0 Å². The summed E-state index contributed by atoms with van der Waals surface area (Å²) in [5, 5.41) is 9.96. The van der Waals surface area contributed by atoms with Crippen molar-refractivity contribution in [1.29, 1.82) is 0 Å². The third-order valence-electron chi connectivity index (χ3n) is 4.96. The van der Waals surface area contributed by atoms with E-state index in [2.05, 4.69) is 54.9 Å². The Morgan fingerprint density at radius 2 is 1.76 bits per heavy atom. The summed E-state index contributed by atoms with van der Waals surface area (Å²) in [6.45, 7) is 10.9. The minimum absolute atomic E-state index is 0.252. The highest BCUT2D eigenvalue weighted by molar-refractivity contribution is 5.65. The highest BCUT2D eigenvalue weighted by Crippen LogP contribution is 2.21. The molecule has 5 N–H and O–H groups in total. The number of hydrogen-bond acceptors (Lipinski definition) is 8. The van der Waals surface area contributed by atoms with Gasteiger partial charge in [0.15, 0.2) is 5.82 Å².